The molecule has 0 unspecified atom stereocenters. The van der Waals surface area contributed by atoms with Crippen LogP contribution in [0.5, 0.6) is 0 Å². The predicted octanol–water partition coefficient (Wildman–Crippen LogP) is 0.789. The van der Waals surface area contributed by atoms with Crippen LogP contribution in [0.2, 0.25) is 0 Å². The fourth-order valence-corrected chi connectivity index (χ4v) is 1.52. The third-order valence-electron chi connectivity index (χ3n) is 2.69. The molecular formula is C11H26N2O2S. The van der Waals surface area contributed by atoms with Crippen LogP contribution in [0.25, 0.3) is 0 Å². The van der Waals surface area contributed by atoms with Crippen LogP contribution >= 0.6 is 0 Å². The van der Waals surface area contributed by atoms with E-state index >= 15 is 0 Å². The molecule has 0 fully saturated rings. The Kier molecular flexibility index (Phi) is 7.19. The van der Waals surface area contributed by atoms with Crippen LogP contribution < -0.4 is 10.6 Å². The van der Waals surface area contributed by atoms with E-state index in [4.69, 9.17) is 0 Å². The molecule has 4 nitrogen and oxygen atoms in total. The van der Waals surface area contributed by atoms with Gasteiger partial charge in [0.15, 0.2) is 9.84 Å². The van der Waals surface area contributed by atoms with Crippen molar-refractivity contribution < 1.29 is 8.42 Å². The molecule has 0 aliphatic heterocycles. The van der Waals surface area contributed by atoms with E-state index in [1.165, 1.54) is 6.26 Å². The second-order valence-electron chi connectivity index (χ2n) is 4.81. The summed E-state index contributed by atoms with van der Waals surface area (Å²) >= 11 is 0. The van der Waals surface area contributed by atoms with E-state index in [9.17, 15) is 8.42 Å². The smallest absolute Gasteiger partial charge is 0.153 e. The number of sulfone groups is 1. The largest absolute Gasteiger partial charge is 0.317 e. The Balaban J connectivity index is 3.59. The van der Waals surface area contributed by atoms with Gasteiger partial charge in [0.2, 0.25) is 0 Å². The molecule has 0 saturated heterocycles. The molecule has 0 aliphatic rings. The zero-order chi connectivity index (χ0) is 12.7. The highest BCUT2D eigenvalue weighted by atomic mass is 32.2. The second-order valence-corrected chi connectivity index (χ2v) is 7.46. The summed E-state index contributed by atoms with van der Waals surface area (Å²) in [6, 6.07) is 0. The van der Waals surface area contributed by atoms with Gasteiger partial charge in [-0.2, -0.15) is 0 Å². The quantitative estimate of drug-likeness (QED) is 0.594. The number of rotatable bonds is 9. The highest BCUT2D eigenvalue weighted by molar-refractivity contribution is 7.92. The summed E-state index contributed by atoms with van der Waals surface area (Å²) in [6.07, 6.45) is 3.46. The Hall–Kier alpha value is -0.130. The Bertz CT molecular complexity index is 274. The van der Waals surface area contributed by atoms with Gasteiger partial charge in [-0.25, -0.2) is 8.42 Å². The normalized spacial score (nSPS) is 13.0. The average Bonchev–Trinajstić information content (AvgIpc) is 2.14. The fourth-order valence-electron chi connectivity index (χ4n) is 1.16. The molecule has 0 atom stereocenters. The minimum absolute atomic E-state index is 0.514. The molecule has 0 rings (SSSR count). The standard InChI is InChI=1S/C11H26N2O2S/c1-5-7-12-8-6-9-13-10-11(2,3)16(4,14)15/h12-13H,5-10H2,1-4H3. The Labute approximate surface area is 100 Å². The molecule has 0 aromatic heterocycles. The highest BCUT2D eigenvalue weighted by Crippen LogP contribution is 2.12. The van der Waals surface area contributed by atoms with Crippen molar-refractivity contribution in [3.63, 3.8) is 0 Å². The molecule has 0 radical (unpaired) electrons. The van der Waals surface area contributed by atoms with Crippen molar-refractivity contribution in [2.24, 2.45) is 0 Å². The second kappa shape index (κ2) is 7.25. The van der Waals surface area contributed by atoms with Crippen LogP contribution in [0.4, 0.5) is 0 Å². The topological polar surface area (TPSA) is 58.2 Å². The molecule has 0 aromatic rings. The Morgan fingerprint density at radius 2 is 1.62 bits per heavy atom. The molecule has 0 aliphatic carbocycles. The third kappa shape index (κ3) is 6.45. The minimum atomic E-state index is -2.98. The maximum Gasteiger partial charge on any atom is 0.153 e. The van der Waals surface area contributed by atoms with Crippen molar-refractivity contribution in [3.05, 3.63) is 0 Å². The first kappa shape index (κ1) is 15.9. The molecule has 98 valence electrons. The maximum absolute atomic E-state index is 11.4. The molecule has 0 heterocycles. The van der Waals surface area contributed by atoms with E-state index in [1.54, 1.807) is 13.8 Å². The molecule has 0 aromatic carbocycles. The van der Waals surface area contributed by atoms with Gasteiger partial charge in [-0.05, 0) is 46.3 Å². The molecule has 0 amide bonds. The molecular weight excluding hydrogens is 224 g/mol. The van der Waals surface area contributed by atoms with Gasteiger partial charge in [-0.3, -0.25) is 0 Å². The van der Waals surface area contributed by atoms with Crippen LogP contribution in [-0.4, -0.2) is 45.6 Å². The van der Waals surface area contributed by atoms with Crippen LogP contribution in [0.1, 0.15) is 33.6 Å². The lowest BCUT2D eigenvalue weighted by Gasteiger charge is -2.22. The summed E-state index contributed by atoms with van der Waals surface area (Å²) in [7, 11) is -2.98. The van der Waals surface area contributed by atoms with Gasteiger partial charge in [-0.1, -0.05) is 6.92 Å². The molecule has 16 heavy (non-hydrogen) atoms. The third-order valence-corrected chi connectivity index (χ3v) is 4.84. The molecule has 0 saturated carbocycles. The van der Waals surface area contributed by atoms with Crippen molar-refractivity contribution in [2.45, 2.75) is 38.4 Å². The van der Waals surface area contributed by atoms with E-state index in [-0.39, 0.29) is 0 Å². The first-order valence-electron chi connectivity index (χ1n) is 5.92. The van der Waals surface area contributed by atoms with Crippen molar-refractivity contribution in [2.75, 3.05) is 32.4 Å². The zero-order valence-corrected chi connectivity index (χ0v) is 11.8. The summed E-state index contributed by atoms with van der Waals surface area (Å²) in [4.78, 5) is 0. The monoisotopic (exact) mass is 250 g/mol. The van der Waals surface area contributed by atoms with E-state index in [0.717, 1.165) is 32.5 Å². The molecule has 0 bridgehead atoms. The van der Waals surface area contributed by atoms with E-state index in [1.807, 2.05) is 0 Å². The molecule has 0 spiro atoms. The Morgan fingerprint density at radius 3 is 2.12 bits per heavy atom. The van der Waals surface area contributed by atoms with Crippen LogP contribution in [0.3, 0.4) is 0 Å². The molecule has 2 N–H and O–H groups in total. The van der Waals surface area contributed by atoms with Crippen LogP contribution in [0.15, 0.2) is 0 Å². The van der Waals surface area contributed by atoms with Crippen molar-refractivity contribution >= 4 is 9.84 Å². The number of hydrogen-bond acceptors (Lipinski definition) is 4. The van der Waals surface area contributed by atoms with Crippen molar-refractivity contribution in [1.29, 1.82) is 0 Å². The lowest BCUT2D eigenvalue weighted by molar-refractivity contribution is 0.512. The summed E-state index contributed by atoms with van der Waals surface area (Å²) in [5.41, 5.74) is 0. The van der Waals surface area contributed by atoms with Gasteiger partial charge < -0.3 is 10.6 Å². The summed E-state index contributed by atoms with van der Waals surface area (Å²) in [5, 5.41) is 6.49. The average molecular weight is 250 g/mol. The van der Waals surface area contributed by atoms with E-state index in [2.05, 4.69) is 17.6 Å². The Morgan fingerprint density at radius 1 is 1.06 bits per heavy atom. The summed E-state index contributed by atoms with van der Waals surface area (Å²) in [5.74, 6) is 0. The first-order chi connectivity index (χ1) is 7.31. The van der Waals surface area contributed by atoms with Gasteiger partial charge in [0.25, 0.3) is 0 Å². The van der Waals surface area contributed by atoms with E-state index in [0.29, 0.717) is 6.54 Å². The van der Waals surface area contributed by atoms with Gasteiger partial charge in [-0.15, -0.1) is 0 Å². The first-order valence-corrected chi connectivity index (χ1v) is 7.81. The number of hydrogen-bond donors (Lipinski definition) is 2. The van der Waals surface area contributed by atoms with Gasteiger partial charge in [0.1, 0.15) is 0 Å². The number of nitrogens with one attached hydrogen (secondary N) is 2. The van der Waals surface area contributed by atoms with E-state index < -0.39 is 14.6 Å². The van der Waals surface area contributed by atoms with Crippen molar-refractivity contribution in [1.82, 2.24) is 10.6 Å². The summed E-state index contributed by atoms with van der Waals surface area (Å²) in [6.45, 7) is 9.06. The van der Waals surface area contributed by atoms with Gasteiger partial charge in [0.05, 0.1) is 4.75 Å². The zero-order valence-electron chi connectivity index (χ0n) is 11.0. The molecule has 5 heteroatoms. The lowest BCUT2D eigenvalue weighted by atomic mass is 10.2. The van der Waals surface area contributed by atoms with Crippen molar-refractivity contribution in [3.8, 4) is 0 Å². The SMILES string of the molecule is CCCNCCCNCC(C)(C)S(C)(=O)=O. The lowest BCUT2D eigenvalue weighted by Crippen LogP contribution is -2.42. The van der Waals surface area contributed by atoms with Gasteiger partial charge in [0, 0.05) is 12.8 Å². The predicted molar refractivity (Wildman–Crippen MR) is 69.6 cm³/mol. The summed E-state index contributed by atoms with van der Waals surface area (Å²) < 4.78 is 22.1. The van der Waals surface area contributed by atoms with Crippen LogP contribution in [-0.2, 0) is 9.84 Å². The van der Waals surface area contributed by atoms with Crippen LogP contribution in [0, 0.1) is 0 Å². The van der Waals surface area contributed by atoms with Gasteiger partial charge >= 0.3 is 0 Å². The maximum atomic E-state index is 11.4. The fraction of sp³-hybridized carbons (Fsp3) is 1.00. The minimum Gasteiger partial charge on any atom is -0.317 e. The highest BCUT2D eigenvalue weighted by Gasteiger charge is 2.29.